The molecule has 19 N–H and O–H groups in total. The lowest BCUT2D eigenvalue weighted by molar-refractivity contribution is -0.142. The van der Waals surface area contributed by atoms with Crippen LogP contribution in [0.15, 0.2) is 24.3 Å². The third kappa shape index (κ3) is 37.7. The summed E-state index contributed by atoms with van der Waals surface area (Å²) >= 11 is 1.33. The van der Waals surface area contributed by atoms with Crippen LogP contribution in [-0.2, 0) is 92.6 Å². The highest BCUT2D eigenvalue weighted by molar-refractivity contribution is 7.98. The molecule has 2 unspecified atom stereocenters. The van der Waals surface area contributed by atoms with Crippen molar-refractivity contribution in [1.82, 2.24) is 63.4 Å². The lowest BCUT2D eigenvalue weighted by atomic mass is 10.0. The molecule has 38 nitrogen and oxygen atoms in total. The summed E-state index contributed by atoms with van der Waals surface area (Å²) in [4.78, 5) is 224. The van der Waals surface area contributed by atoms with E-state index in [0.29, 0.717) is 17.5 Å². The first-order valence-corrected chi connectivity index (χ1v) is 35.7. The molecule has 1 fully saturated rings. The van der Waals surface area contributed by atoms with Gasteiger partial charge in [-0.25, -0.2) is 0 Å². The van der Waals surface area contributed by atoms with Crippen molar-refractivity contribution in [2.24, 2.45) is 11.7 Å². The van der Waals surface area contributed by atoms with Crippen LogP contribution in [-0.4, -0.2) is 267 Å². The number of aliphatic hydroxyl groups excluding tert-OH is 1. The zero-order valence-electron chi connectivity index (χ0n) is 59.8. The van der Waals surface area contributed by atoms with Gasteiger partial charge in [0, 0.05) is 69.1 Å². The van der Waals surface area contributed by atoms with Crippen LogP contribution >= 0.6 is 11.8 Å². The van der Waals surface area contributed by atoms with Crippen molar-refractivity contribution in [3.63, 3.8) is 0 Å². The van der Waals surface area contributed by atoms with Crippen molar-refractivity contribution in [3.05, 3.63) is 35.4 Å². The second-order valence-corrected chi connectivity index (χ2v) is 26.4. The van der Waals surface area contributed by atoms with Crippen LogP contribution in [0.3, 0.4) is 0 Å². The van der Waals surface area contributed by atoms with E-state index in [2.05, 4.69) is 58.5 Å². The predicted molar refractivity (Wildman–Crippen MR) is 372 cm³/mol. The molecule has 2 rings (SSSR count). The smallest absolute Gasteiger partial charge is 0.303 e. The number of carboxylic acids is 4. The van der Waals surface area contributed by atoms with Gasteiger partial charge in [0.2, 0.25) is 70.9 Å². The number of aliphatic carboxylic acids is 4. The number of carboxylic acid groups (broad SMARTS) is 4. The summed E-state index contributed by atoms with van der Waals surface area (Å²) in [6.45, 7) is 6.30. The monoisotopic (exact) mass is 1510 g/mol. The van der Waals surface area contributed by atoms with E-state index in [-0.39, 0.29) is 101 Å². The Kier molecular flexibility index (Phi) is 43.0. The fourth-order valence-electron chi connectivity index (χ4n) is 10.5. The Morgan fingerprint density at radius 1 is 0.524 bits per heavy atom. The number of thioether (sulfide) groups is 1. The molecule has 9 atom stereocenters. The number of benzene rings is 1. The third-order valence-corrected chi connectivity index (χ3v) is 16.4. The number of amides is 12. The molecule has 12 amide bonds. The van der Waals surface area contributed by atoms with E-state index in [1.54, 1.807) is 20.1 Å². The minimum atomic E-state index is -1.96. The highest BCUT2D eigenvalue weighted by Crippen LogP contribution is 2.20. The zero-order valence-corrected chi connectivity index (χ0v) is 60.6. The lowest BCUT2D eigenvalue weighted by Gasteiger charge is -2.27. The van der Waals surface area contributed by atoms with Gasteiger partial charge in [-0.1, -0.05) is 38.1 Å². The highest BCUT2D eigenvalue weighted by Gasteiger charge is 2.38. The number of rotatable bonds is 53. The van der Waals surface area contributed by atoms with Gasteiger partial charge in [0.05, 0.1) is 19.8 Å². The predicted octanol–water partition coefficient (Wildman–Crippen LogP) is -4.21. The SMILES string of the molecule is CSCC(NC(=O)CNC(=O)[C@H](CC(C)C)NC(=O)C1CCCN1C(=O)COCCNC(=O)[C@H](Cc1ccc(C(C)=O)cc1)NC(=O)[C@@H](CCCC(O)O)NC(=O)[C@@H](CCC(=O)O)NC(=O)[C@@H](CCC(=O)O)NC(=O)[C@@H](CCC(=O)O)NC(=O)[C@@H](CCCC(=O)O)NC(=O)COCCN)C(=O)NC(C)C. The number of ketones is 1. The van der Waals surface area contributed by atoms with Gasteiger partial charge in [-0.05, 0) is 109 Å². The molecule has 0 aromatic heterocycles. The van der Waals surface area contributed by atoms with Gasteiger partial charge in [0.15, 0.2) is 12.1 Å². The Balaban J connectivity index is 2.40. The number of nitrogens with two attached hydrogens (primary N) is 1. The van der Waals surface area contributed by atoms with Crippen molar-refractivity contribution in [3.8, 4) is 0 Å². The van der Waals surface area contributed by atoms with Gasteiger partial charge in [0.25, 0.3) is 0 Å². The van der Waals surface area contributed by atoms with Gasteiger partial charge in [-0.3, -0.25) is 81.5 Å². The molecule has 1 aromatic rings. The van der Waals surface area contributed by atoms with E-state index in [9.17, 15) is 112 Å². The molecule has 0 saturated carbocycles. The second kappa shape index (κ2) is 49.3. The first-order chi connectivity index (χ1) is 49.5. The maximum atomic E-state index is 14.5. The summed E-state index contributed by atoms with van der Waals surface area (Å²) in [5.41, 5.74) is 6.07. The fraction of sp³-hybridized carbons (Fsp3) is 0.652. The van der Waals surface area contributed by atoms with E-state index >= 15 is 0 Å². The maximum absolute atomic E-state index is 14.5. The molecule has 1 saturated heterocycles. The number of carbonyl (C=O) groups is 17. The van der Waals surface area contributed by atoms with E-state index < -0.39 is 227 Å². The van der Waals surface area contributed by atoms with Crippen molar-refractivity contribution >= 4 is 112 Å². The molecule has 588 valence electrons. The minimum absolute atomic E-state index is 0.0266. The van der Waals surface area contributed by atoms with Crippen LogP contribution in [0.25, 0.3) is 0 Å². The quantitative estimate of drug-likeness (QED) is 0.0167. The molecule has 0 radical (unpaired) electrons. The van der Waals surface area contributed by atoms with Crippen LogP contribution in [0, 0.1) is 5.92 Å². The number of ether oxygens (including phenoxy) is 2. The minimum Gasteiger partial charge on any atom is -0.481 e. The number of likely N-dealkylation sites (tertiary alicyclic amines) is 1. The standard InChI is InChI=1S/C66H103N13O25S/c1-36(2)30-46(59(95)69-32-50(81)72-48(35-105-6)65(101)70-37(3)4)78-66(102)49-12-9-27-79(49)52(83)34-104-29-26-68-58(94)47(31-39-15-17-40(18-16-39)38(5)80)77-61(97)42(11-8-14-54(86)87)73-62(98)43(19-22-55(88)89)75-64(100)45(21-24-57(92)93)76-63(99)44(20-23-56(90)91)74-60(96)41(10-7-13-53(84)85)71-51(82)33-103-28-25-67/h15-18,36-37,41-49,54,86-87H,7-14,19-35,67H2,1-6H3,(H,68,94)(H,69,95)(H,70,101)(H,71,82)(H,72,81)(H,73,98)(H,74,96)(H,75,100)(H,76,99)(H,77,97)(H,78,102)(H,84,85)(H,88,89)(H,90,91)(H,92,93)/t41-,42-,43-,44-,45-,46+,47+,48?,49?/m1/s1. The van der Waals surface area contributed by atoms with Gasteiger partial charge in [-0.15, -0.1) is 0 Å². The van der Waals surface area contributed by atoms with Gasteiger partial charge in [0.1, 0.15) is 67.6 Å². The molecular formula is C66H103N13O25S. The fourth-order valence-corrected chi connectivity index (χ4v) is 11.0. The van der Waals surface area contributed by atoms with Crippen LogP contribution in [0.2, 0.25) is 0 Å². The molecule has 105 heavy (non-hydrogen) atoms. The van der Waals surface area contributed by atoms with Gasteiger partial charge >= 0.3 is 23.9 Å². The number of carbonyl (C=O) groups excluding carboxylic acids is 13. The molecule has 0 bridgehead atoms. The number of hydrogen-bond donors (Lipinski definition) is 18. The second-order valence-electron chi connectivity index (χ2n) is 25.5. The molecule has 1 aromatic carbocycles. The topological polar surface area (TPSA) is 592 Å². The number of nitrogens with one attached hydrogen (secondary N) is 11. The average molecular weight is 1510 g/mol. The van der Waals surface area contributed by atoms with Crippen molar-refractivity contribution in [1.29, 1.82) is 0 Å². The van der Waals surface area contributed by atoms with Crippen LogP contribution in [0.1, 0.15) is 147 Å². The Hall–Kier alpha value is -9.44. The molecule has 0 aliphatic carbocycles. The molecular weight excluding hydrogens is 1410 g/mol. The van der Waals surface area contributed by atoms with Gasteiger partial charge in [-0.2, -0.15) is 11.8 Å². The van der Waals surface area contributed by atoms with E-state index in [1.165, 1.54) is 47.9 Å². The molecule has 1 aliphatic heterocycles. The maximum Gasteiger partial charge on any atom is 0.303 e. The number of nitrogens with zero attached hydrogens (tertiary/aromatic N) is 1. The van der Waals surface area contributed by atoms with Crippen LogP contribution < -0.4 is 64.2 Å². The van der Waals surface area contributed by atoms with Gasteiger partial charge < -0.3 is 109 Å². The molecule has 0 spiro atoms. The van der Waals surface area contributed by atoms with E-state index in [4.69, 9.17) is 15.2 Å². The number of hydrogen-bond acceptors (Lipinski definition) is 23. The first-order valence-electron chi connectivity index (χ1n) is 34.3. The van der Waals surface area contributed by atoms with Crippen molar-refractivity contribution in [2.75, 3.05) is 64.6 Å². The number of aliphatic hydroxyl groups is 2. The summed E-state index contributed by atoms with van der Waals surface area (Å²) in [5.74, 6) is -16.7. The van der Waals surface area contributed by atoms with E-state index in [0.717, 1.165) is 0 Å². The third-order valence-electron chi connectivity index (χ3n) is 15.7. The molecule has 39 heteroatoms. The Morgan fingerprint density at radius 3 is 1.47 bits per heavy atom. The number of Topliss-reactive ketones (excluding diaryl/α,β-unsaturated/α-hetero) is 1. The Labute approximate surface area is 610 Å². The summed E-state index contributed by atoms with van der Waals surface area (Å²) in [7, 11) is 0. The summed E-state index contributed by atoms with van der Waals surface area (Å²) in [5, 5.41) is 84.7. The normalized spacial score (nSPS) is 14.9. The van der Waals surface area contributed by atoms with Crippen molar-refractivity contribution < 1.29 is 122 Å². The summed E-state index contributed by atoms with van der Waals surface area (Å²) in [6.07, 6.45) is -6.33. The van der Waals surface area contributed by atoms with Crippen LogP contribution in [0.5, 0.6) is 0 Å². The van der Waals surface area contributed by atoms with Crippen molar-refractivity contribution in [2.45, 2.75) is 204 Å². The highest BCUT2D eigenvalue weighted by atomic mass is 32.2. The van der Waals surface area contributed by atoms with Crippen LogP contribution in [0.4, 0.5) is 0 Å². The largest absolute Gasteiger partial charge is 0.481 e. The summed E-state index contributed by atoms with van der Waals surface area (Å²) < 4.78 is 10.7. The Morgan fingerprint density at radius 2 is 0.990 bits per heavy atom. The zero-order chi connectivity index (χ0) is 78.9. The summed E-state index contributed by atoms with van der Waals surface area (Å²) in [6, 6.07) is -7.83. The lowest BCUT2D eigenvalue weighted by Crippen LogP contribution is -2.60. The first kappa shape index (κ1) is 91.6. The Bertz CT molecular complexity index is 3120. The molecule has 1 heterocycles. The average Bonchev–Trinajstić information content (AvgIpc) is 1.79. The molecule has 1 aliphatic rings. The van der Waals surface area contributed by atoms with E-state index in [1.807, 2.05) is 13.8 Å².